The molecular weight excluding hydrogens is 200 g/mol. The third-order valence-corrected chi connectivity index (χ3v) is 3.48. The van der Waals surface area contributed by atoms with Crippen LogP contribution in [0.25, 0.3) is 0 Å². The van der Waals surface area contributed by atoms with Gasteiger partial charge >= 0.3 is 0 Å². The lowest BCUT2D eigenvalue weighted by Gasteiger charge is -2.41. The van der Waals surface area contributed by atoms with Crippen molar-refractivity contribution in [2.24, 2.45) is 0 Å². The lowest BCUT2D eigenvalue weighted by atomic mass is 9.65. The molecule has 2 nitrogen and oxygen atoms in total. The minimum atomic E-state index is -0.241. The monoisotopic (exact) mass is 212 g/mol. The van der Waals surface area contributed by atoms with Crippen molar-refractivity contribution < 1.29 is 10.2 Å². The molecule has 0 bridgehead atoms. The molecule has 2 rings (SSSR count). The Labute approximate surface area is 88.1 Å². The molecule has 0 unspecified atom stereocenters. The Bertz CT molecular complexity index is 340. The van der Waals surface area contributed by atoms with E-state index in [1.807, 2.05) is 12.1 Å². The summed E-state index contributed by atoms with van der Waals surface area (Å²) in [5.41, 5.74) is 0.549. The van der Waals surface area contributed by atoms with Gasteiger partial charge in [0.15, 0.2) is 0 Å². The number of benzene rings is 1. The molecule has 76 valence electrons. The predicted molar refractivity (Wildman–Crippen MR) is 55.7 cm³/mol. The molecule has 0 aliphatic heterocycles. The molecule has 1 aliphatic rings. The summed E-state index contributed by atoms with van der Waals surface area (Å²) >= 11 is 5.83. The molecule has 0 aromatic heterocycles. The number of phenolic OH excluding ortho intramolecular Hbond substituents is 1. The smallest absolute Gasteiger partial charge is 0.138 e. The second kappa shape index (κ2) is 3.44. The van der Waals surface area contributed by atoms with Crippen LogP contribution in [0.4, 0.5) is 0 Å². The van der Waals surface area contributed by atoms with Crippen LogP contribution >= 0.6 is 11.6 Å². The summed E-state index contributed by atoms with van der Waals surface area (Å²) in [6, 6.07) is 5.31. The van der Waals surface area contributed by atoms with Crippen molar-refractivity contribution in [1.29, 1.82) is 0 Å². The van der Waals surface area contributed by atoms with E-state index in [1.165, 1.54) is 0 Å². The second-order valence-corrected chi connectivity index (χ2v) is 4.34. The van der Waals surface area contributed by atoms with Crippen molar-refractivity contribution in [2.45, 2.75) is 24.7 Å². The third kappa shape index (κ3) is 1.30. The largest absolute Gasteiger partial charge is 0.506 e. The minimum Gasteiger partial charge on any atom is -0.506 e. The molecule has 0 amide bonds. The van der Waals surface area contributed by atoms with Crippen molar-refractivity contribution in [1.82, 2.24) is 0 Å². The molecule has 0 atom stereocenters. The number of halogens is 1. The van der Waals surface area contributed by atoms with Gasteiger partial charge < -0.3 is 10.2 Å². The number of aromatic hydroxyl groups is 1. The van der Waals surface area contributed by atoms with E-state index in [9.17, 15) is 10.2 Å². The van der Waals surface area contributed by atoms with Gasteiger partial charge in [0.2, 0.25) is 0 Å². The minimum absolute atomic E-state index is 0.0842. The summed E-state index contributed by atoms with van der Waals surface area (Å²) < 4.78 is 0. The predicted octanol–water partition coefficient (Wildman–Crippen LogP) is 2.46. The maximum Gasteiger partial charge on any atom is 0.138 e. The van der Waals surface area contributed by atoms with Gasteiger partial charge in [0.05, 0.1) is 11.6 Å². The standard InChI is InChI=1S/C11H13ClO2/c12-9-4-1-3-8(10(9)14)11(7-13)5-2-6-11/h1,3-4,13-14H,2,5-7H2. The maximum atomic E-state index is 9.79. The first-order valence-corrected chi connectivity index (χ1v) is 5.16. The summed E-state index contributed by atoms with van der Waals surface area (Å²) in [5.74, 6) is 0.128. The van der Waals surface area contributed by atoms with Gasteiger partial charge in [-0.25, -0.2) is 0 Å². The second-order valence-electron chi connectivity index (χ2n) is 3.93. The number of aliphatic hydroxyl groups excluding tert-OH is 1. The van der Waals surface area contributed by atoms with Gasteiger partial charge in [0.1, 0.15) is 5.75 Å². The molecule has 14 heavy (non-hydrogen) atoms. The van der Waals surface area contributed by atoms with Crippen LogP contribution in [0.15, 0.2) is 18.2 Å². The van der Waals surface area contributed by atoms with Crippen LogP contribution in [-0.2, 0) is 5.41 Å². The summed E-state index contributed by atoms with van der Waals surface area (Å²) in [6.07, 6.45) is 2.96. The van der Waals surface area contributed by atoms with Crippen molar-refractivity contribution in [3.8, 4) is 5.75 Å². The molecule has 0 heterocycles. The van der Waals surface area contributed by atoms with Gasteiger partial charge in [-0.2, -0.15) is 0 Å². The van der Waals surface area contributed by atoms with Gasteiger partial charge in [-0.15, -0.1) is 0 Å². The normalized spacial score (nSPS) is 19.0. The Hall–Kier alpha value is -0.730. The highest BCUT2D eigenvalue weighted by Crippen LogP contribution is 2.47. The number of hydrogen-bond acceptors (Lipinski definition) is 2. The zero-order valence-corrected chi connectivity index (χ0v) is 8.59. The average molecular weight is 213 g/mol. The van der Waals surface area contributed by atoms with E-state index in [1.54, 1.807) is 6.07 Å². The lowest BCUT2D eigenvalue weighted by Crippen LogP contribution is -2.37. The number of rotatable bonds is 2. The van der Waals surface area contributed by atoms with E-state index in [2.05, 4.69) is 0 Å². The molecule has 1 aliphatic carbocycles. The molecule has 1 aromatic rings. The van der Waals surface area contributed by atoms with Crippen molar-refractivity contribution >= 4 is 11.6 Å². The number of hydrogen-bond donors (Lipinski definition) is 2. The number of phenols is 1. The fraction of sp³-hybridized carbons (Fsp3) is 0.455. The van der Waals surface area contributed by atoms with Gasteiger partial charge in [0, 0.05) is 11.0 Å². The van der Waals surface area contributed by atoms with Gasteiger partial charge in [-0.1, -0.05) is 30.2 Å². The Morgan fingerprint density at radius 3 is 2.57 bits per heavy atom. The maximum absolute atomic E-state index is 9.79. The third-order valence-electron chi connectivity index (χ3n) is 3.17. The first-order chi connectivity index (χ1) is 6.69. The van der Waals surface area contributed by atoms with Crippen LogP contribution in [0.2, 0.25) is 5.02 Å². The highest BCUT2D eigenvalue weighted by Gasteiger charge is 2.40. The number of para-hydroxylation sites is 1. The van der Waals surface area contributed by atoms with Crippen LogP contribution in [0, 0.1) is 0 Å². The summed E-state index contributed by atoms with van der Waals surface area (Å²) in [5, 5.41) is 19.5. The topological polar surface area (TPSA) is 40.5 Å². The Kier molecular flexibility index (Phi) is 2.41. The Balaban J connectivity index is 2.45. The van der Waals surface area contributed by atoms with Gasteiger partial charge in [-0.3, -0.25) is 0 Å². The SMILES string of the molecule is OCC1(c2cccc(Cl)c2O)CCC1. The summed E-state index contributed by atoms with van der Waals surface area (Å²) in [6.45, 7) is 0.0842. The van der Waals surface area contributed by atoms with E-state index < -0.39 is 0 Å². The van der Waals surface area contributed by atoms with E-state index in [4.69, 9.17) is 11.6 Å². The molecule has 2 N–H and O–H groups in total. The van der Waals surface area contributed by atoms with E-state index in [0.717, 1.165) is 24.8 Å². The first-order valence-electron chi connectivity index (χ1n) is 4.78. The molecule has 0 spiro atoms. The zero-order valence-electron chi connectivity index (χ0n) is 7.83. The van der Waals surface area contributed by atoms with Crippen LogP contribution in [0.3, 0.4) is 0 Å². The highest BCUT2D eigenvalue weighted by molar-refractivity contribution is 6.32. The van der Waals surface area contributed by atoms with E-state index in [-0.39, 0.29) is 17.8 Å². The molecule has 1 saturated carbocycles. The van der Waals surface area contributed by atoms with Crippen LogP contribution in [-0.4, -0.2) is 16.8 Å². The van der Waals surface area contributed by atoms with Crippen molar-refractivity contribution in [3.63, 3.8) is 0 Å². The zero-order chi connectivity index (χ0) is 10.2. The quantitative estimate of drug-likeness (QED) is 0.791. The molecular formula is C11H13ClO2. The van der Waals surface area contributed by atoms with E-state index >= 15 is 0 Å². The number of aliphatic hydroxyl groups is 1. The lowest BCUT2D eigenvalue weighted by molar-refractivity contribution is 0.117. The summed E-state index contributed by atoms with van der Waals surface area (Å²) in [7, 11) is 0. The molecule has 1 fully saturated rings. The summed E-state index contributed by atoms with van der Waals surface area (Å²) in [4.78, 5) is 0. The molecule has 0 radical (unpaired) electrons. The average Bonchev–Trinajstić information content (AvgIpc) is 2.11. The molecule has 1 aromatic carbocycles. The van der Waals surface area contributed by atoms with Crippen molar-refractivity contribution in [3.05, 3.63) is 28.8 Å². The van der Waals surface area contributed by atoms with E-state index in [0.29, 0.717) is 5.02 Å². The van der Waals surface area contributed by atoms with Crippen LogP contribution in [0.5, 0.6) is 5.75 Å². The molecule has 3 heteroatoms. The van der Waals surface area contributed by atoms with Crippen LogP contribution < -0.4 is 0 Å². The molecule has 0 saturated heterocycles. The first kappa shape index (κ1) is 9.81. The fourth-order valence-corrected chi connectivity index (χ4v) is 2.23. The van der Waals surface area contributed by atoms with Gasteiger partial charge in [0.25, 0.3) is 0 Å². The fourth-order valence-electron chi connectivity index (χ4n) is 2.06. The van der Waals surface area contributed by atoms with Crippen LogP contribution in [0.1, 0.15) is 24.8 Å². The van der Waals surface area contributed by atoms with Crippen molar-refractivity contribution in [2.75, 3.05) is 6.61 Å². The van der Waals surface area contributed by atoms with Gasteiger partial charge in [-0.05, 0) is 18.9 Å². The highest BCUT2D eigenvalue weighted by atomic mass is 35.5. The Morgan fingerprint density at radius 2 is 2.07 bits per heavy atom. The Morgan fingerprint density at radius 1 is 1.36 bits per heavy atom.